The Morgan fingerprint density at radius 1 is 0.577 bits per heavy atom. The van der Waals surface area contributed by atoms with E-state index in [1.165, 1.54) is 4.90 Å². The van der Waals surface area contributed by atoms with Crippen LogP contribution in [0.15, 0.2) is 97.1 Å². The van der Waals surface area contributed by atoms with Gasteiger partial charge >= 0.3 is 0 Å². The fourth-order valence-electron chi connectivity index (χ4n) is 7.74. The van der Waals surface area contributed by atoms with Crippen molar-refractivity contribution >= 4 is 11.8 Å². The van der Waals surface area contributed by atoms with Crippen molar-refractivity contribution in [1.29, 1.82) is 0 Å². The van der Waals surface area contributed by atoms with Crippen molar-refractivity contribution in [2.24, 2.45) is 11.1 Å². The number of methoxy groups -OCH3 is 4. The van der Waals surface area contributed by atoms with Crippen LogP contribution in [-0.2, 0) is 20.8 Å². The number of aliphatic hydroxyl groups is 2. The van der Waals surface area contributed by atoms with E-state index in [4.69, 9.17) is 24.7 Å². The SMILES string of the molecule is COc1ccc(C(O)(c2ccc(OC)cc2)[C@@H](C)N(C(=O)C2(C(N)=O)CCCCC2)[C@H](C)C(O)(c2ccc(OC)cc2)c2ccc(OC)cc2)cc1. The number of hydrogen-bond donors (Lipinski definition) is 3. The summed E-state index contributed by atoms with van der Waals surface area (Å²) in [5.74, 6) is 1.05. The van der Waals surface area contributed by atoms with Crippen LogP contribution < -0.4 is 24.7 Å². The van der Waals surface area contributed by atoms with Crippen molar-refractivity contribution in [3.63, 3.8) is 0 Å². The van der Waals surface area contributed by atoms with Crippen LogP contribution in [0.25, 0.3) is 0 Å². The molecule has 0 saturated heterocycles. The molecule has 52 heavy (non-hydrogen) atoms. The summed E-state index contributed by atoms with van der Waals surface area (Å²) < 4.78 is 21.7. The molecular weight excluding hydrogens is 660 g/mol. The number of nitrogens with zero attached hydrogens (tertiary/aromatic N) is 1. The fraction of sp³-hybridized carbons (Fsp3) is 0.381. The van der Waals surface area contributed by atoms with Crippen LogP contribution in [0.2, 0.25) is 0 Å². The maximum atomic E-state index is 15.5. The normalized spacial score (nSPS) is 15.5. The third kappa shape index (κ3) is 6.80. The molecule has 0 heterocycles. The monoisotopic (exact) mass is 710 g/mol. The molecule has 4 aromatic carbocycles. The number of hydrogen-bond acceptors (Lipinski definition) is 8. The van der Waals surface area contributed by atoms with Gasteiger partial charge in [-0.2, -0.15) is 0 Å². The van der Waals surface area contributed by atoms with E-state index in [0.717, 1.165) is 6.42 Å². The van der Waals surface area contributed by atoms with Gasteiger partial charge in [-0.15, -0.1) is 0 Å². The highest BCUT2D eigenvalue weighted by Crippen LogP contribution is 2.46. The lowest BCUT2D eigenvalue weighted by atomic mass is 9.70. The Balaban J connectivity index is 1.80. The zero-order chi connectivity index (χ0) is 37.7. The van der Waals surface area contributed by atoms with Crippen molar-refractivity contribution in [3.8, 4) is 23.0 Å². The van der Waals surface area contributed by atoms with Crippen LogP contribution in [-0.4, -0.2) is 67.5 Å². The van der Waals surface area contributed by atoms with Crippen LogP contribution in [0, 0.1) is 5.41 Å². The number of primary amides is 1. The molecule has 4 N–H and O–H groups in total. The van der Waals surface area contributed by atoms with Crippen LogP contribution in [0.4, 0.5) is 0 Å². The van der Waals surface area contributed by atoms with Crippen molar-refractivity contribution in [3.05, 3.63) is 119 Å². The summed E-state index contributed by atoms with van der Waals surface area (Å²) in [5, 5.41) is 26.6. The number of amides is 2. The molecule has 10 nitrogen and oxygen atoms in total. The minimum atomic E-state index is -1.88. The number of nitrogens with two attached hydrogens (primary N) is 1. The second-order valence-corrected chi connectivity index (χ2v) is 13.5. The highest BCUT2D eigenvalue weighted by atomic mass is 16.5. The quantitative estimate of drug-likeness (QED) is 0.137. The highest BCUT2D eigenvalue weighted by molar-refractivity contribution is 6.04. The summed E-state index contributed by atoms with van der Waals surface area (Å²) in [5.41, 5.74) is 2.71. The average molecular weight is 711 g/mol. The molecule has 2 atom stereocenters. The van der Waals surface area contributed by atoms with E-state index in [2.05, 4.69) is 0 Å². The molecule has 1 fully saturated rings. The summed E-state index contributed by atoms with van der Waals surface area (Å²) in [4.78, 5) is 30.5. The summed E-state index contributed by atoms with van der Waals surface area (Å²) in [6.45, 7) is 3.48. The predicted molar refractivity (Wildman–Crippen MR) is 198 cm³/mol. The second kappa shape index (κ2) is 15.7. The Morgan fingerprint density at radius 2 is 0.846 bits per heavy atom. The van der Waals surface area contributed by atoms with Gasteiger partial charge in [-0.3, -0.25) is 9.59 Å². The summed E-state index contributed by atoms with van der Waals surface area (Å²) in [6, 6.07) is 25.7. The Hall–Kier alpha value is -5.06. The molecule has 276 valence electrons. The first-order chi connectivity index (χ1) is 24.9. The van der Waals surface area contributed by atoms with Gasteiger partial charge in [0.15, 0.2) is 0 Å². The molecule has 0 aromatic heterocycles. The summed E-state index contributed by atoms with van der Waals surface area (Å²) in [7, 11) is 6.23. The molecule has 4 aromatic rings. The van der Waals surface area contributed by atoms with Crippen LogP contribution >= 0.6 is 0 Å². The van der Waals surface area contributed by atoms with E-state index in [9.17, 15) is 15.0 Å². The van der Waals surface area contributed by atoms with Gasteiger partial charge in [-0.1, -0.05) is 67.8 Å². The molecule has 0 radical (unpaired) electrons. The van der Waals surface area contributed by atoms with E-state index in [1.807, 2.05) is 0 Å². The number of benzene rings is 4. The third-order valence-electron chi connectivity index (χ3n) is 11.0. The first kappa shape index (κ1) is 38.2. The van der Waals surface area contributed by atoms with E-state index >= 15 is 4.79 Å². The molecule has 10 heteroatoms. The van der Waals surface area contributed by atoms with Gasteiger partial charge < -0.3 is 39.8 Å². The van der Waals surface area contributed by atoms with Gasteiger partial charge in [0.1, 0.15) is 39.6 Å². The molecule has 1 aliphatic carbocycles. The first-order valence-corrected chi connectivity index (χ1v) is 17.6. The zero-order valence-corrected chi connectivity index (χ0v) is 30.8. The van der Waals surface area contributed by atoms with Crippen LogP contribution in [0.5, 0.6) is 23.0 Å². The zero-order valence-electron chi connectivity index (χ0n) is 30.8. The van der Waals surface area contributed by atoms with Crippen molar-refractivity contribution in [2.75, 3.05) is 28.4 Å². The van der Waals surface area contributed by atoms with Crippen LogP contribution in [0.1, 0.15) is 68.2 Å². The number of carbonyl (C=O) groups is 2. The average Bonchev–Trinajstić information content (AvgIpc) is 3.20. The van der Waals surface area contributed by atoms with Crippen molar-refractivity contribution in [2.45, 2.75) is 69.2 Å². The predicted octanol–water partition coefficient (Wildman–Crippen LogP) is 5.93. The van der Waals surface area contributed by atoms with Gasteiger partial charge in [0.25, 0.3) is 0 Å². The standard InChI is InChI=1S/C42H50N2O8/c1-28(41(47,30-10-18-34(49-3)19-11-30)31-12-20-35(50-4)21-13-31)44(39(46)40(38(43)45)26-8-7-9-27-40)29(2)42(48,32-14-22-36(51-5)23-15-32)33-16-24-37(52-6)25-17-33/h10-25,28-29,47-48H,7-9,26-27H2,1-6H3,(H2,43,45)/t28-,29-/m1/s1. The lowest BCUT2D eigenvalue weighted by Gasteiger charge is -2.51. The first-order valence-electron chi connectivity index (χ1n) is 17.6. The molecule has 2 amide bonds. The van der Waals surface area contributed by atoms with Crippen molar-refractivity contribution < 1.29 is 38.7 Å². The number of ether oxygens (including phenoxy) is 4. The summed E-state index contributed by atoms with van der Waals surface area (Å²) in [6.07, 6.45) is 2.63. The Morgan fingerprint density at radius 3 is 1.08 bits per heavy atom. The molecule has 1 saturated carbocycles. The fourth-order valence-corrected chi connectivity index (χ4v) is 7.74. The lowest BCUT2D eigenvalue weighted by Crippen LogP contribution is -2.65. The molecule has 0 spiro atoms. The molecular formula is C42H50N2O8. The Labute approximate surface area is 306 Å². The maximum Gasteiger partial charge on any atom is 0.238 e. The van der Waals surface area contributed by atoms with E-state index in [0.29, 0.717) is 58.1 Å². The summed E-state index contributed by atoms with van der Waals surface area (Å²) >= 11 is 0. The minimum absolute atomic E-state index is 0.254. The maximum absolute atomic E-state index is 15.5. The van der Waals surface area contributed by atoms with Gasteiger partial charge in [0.2, 0.25) is 11.8 Å². The van der Waals surface area contributed by atoms with Crippen LogP contribution in [0.3, 0.4) is 0 Å². The third-order valence-corrected chi connectivity index (χ3v) is 11.0. The molecule has 5 rings (SSSR count). The van der Waals surface area contributed by atoms with E-state index < -0.39 is 40.5 Å². The van der Waals surface area contributed by atoms with Crippen molar-refractivity contribution in [1.82, 2.24) is 4.90 Å². The topological polar surface area (TPSA) is 141 Å². The Kier molecular flexibility index (Phi) is 11.5. The molecule has 1 aliphatic rings. The molecule has 0 unspecified atom stereocenters. The van der Waals surface area contributed by atoms with E-state index in [-0.39, 0.29) is 12.8 Å². The minimum Gasteiger partial charge on any atom is -0.497 e. The smallest absolute Gasteiger partial charge is 0.238 e. The van der Waals surface area contributed by atoms with E-state index in [1.54, 1.807) is 139 Å². The molecule has 0 bridgehead atoms. The molecule has 0 aliphatic heterocycles. The van der Waals surface area contributed by atoms with Gasteiger partial charge in [0.05, 0.1) is 40.5 Å². The second-order valence-electron chi connectivity index (χ2n) is 13.5. The Bertz CT molecular complexity index is 1600. The van der Waals surface area contributed by atoms with Gasteiger partial charge in [0, 0.05) is 0 Å². The number of carbonyl (C=O) groups excluding carboxylic acids is 2. The lowest BCUT2D eigenvalue weighted by molar-refractivity contribution is -0.166. The van der Waals surface area contributed by atoms with Gasteiger partial charge in [-0.25, -0.2) is 0 Å². The van der Waals surface area contributed by atoms with Gasteiger partial charge in [-0.05, 0) is 97.5 Å². The highest BCUT2D eigenvalue weighted by Gasteiger charge is 2.56. The number of rotatable bonds is 14. The largest absolute Gasteiger partial charge is 0.497 e.